The lowest BCUT2D eigenvalue weighted by Gasteiger charge is -2.20. The Bertz CT molecular complexity index is 895. The van der Waals surface area contributed by atoms with Crippen molar-refractivity contribution in [2.45, 2.75) is 25.4 Å². The summed E-state index contributed by atoms with van der Waals surface area (Å²) in [5, 5.41) is 6.89. The van der Waals surface area contributed by atoms with Gasteiger partial charge in [0.05, 0.1) is 20.6 Å². The van der Waals surface area contributed by atoms with Crippen LogP contribution in [0, 0.1) is 0 Å². The van der Waals surface area contributed by atoms with Gasteiger partial charge in [0.25, 0.3) is 5.91 Å². The molecule has 2 aromatic rings. The van der Waals surface area contributed by atoms with Gasteiger partial charge in [0, 0.05) is 19.4 Å². The molecule has 0 aliphatic carbocycles. The number of hydrogen-bond donors (Lipinski definition) is 1. The molecular formula is C18H16ClN3O3S. The van der Waals surface area contributed by atoms with Gasteiger partial charge in [-0.1, -0.05) is 28.9 Å². The maximum Gasteiger partial charge on any atom is 0.268 e. The lowest BCUT2D eigenvalue weighted by atomic mass is 10.1. The number of oxime groups is 1. The van der Waals surface area contributed by atoms with Crippen LogP contribution in [0.4, 0.5) is 11.4 Å². The van der Waals surface area contributed by atoms with Crippen LogP contribution < -0.4 is 10.2 Å². The van der Waals surface area contributed by atoms with E-state index >= 15 is 0 Å². The van der Waals surface area contributed by atoms with Gasteiger partial charge in [0.1, 0.15) is 5.71 Å². The summed E-state index contributed by atoms with van der Waals surface area (Å²) >= 11 is 7.35. The summed E-state index contributed by atoms with van der Waals surface area (Å²) in [7, 11) is 0. The molecule has 0 radical (unpaired) electrons. The highest BCUT2D eigenvalue weighted by Crippen LogP contribution is 2.31. The molecule has 0 bridgehead atoms. The normalized spacial score (nSPS) is 19.4. The summed E-state index contributed by atoms with van der Waals surface area (Å²) in [6, 6.07) is 11.0. The molecule has 2 aliphatic heterocycles. The van der Waals surface area contributed by atoms with Crippen molar-refractivity contribution in [3.63, 3.8) is 0 Å². The molecule has 2 aliphatic rings. The highest BCUT2D eigenvalue weighted by Gasteiger charge is 2.31. The minimum absolute atomic E-state index is 0.0732. The Morgan fingerprint density at radius 1 is 1.31 bits per heavy atom. The molecule has 0 spiro atoms. The Hall–Kier alpha value is -2.38. The summed E-state index contributed by atoms with van der Waals surface area (Å²) in [6.45, 7) is 0.665. The number of amides is 2. The van der Waals surface area contributed by atoms with Crippen LogP contribution in [-0.4, -0.2) is 30.2 Å². The van der Waals surface area contributed by atoms with E-state index in [0.29, 0.717) is 40.8 Å². The first-order chi connectivity index (χ1) is 12.6. The number of carbonyl (C=O) groups is 2. The second kappa shape index (κ2) is 7.09. The van der Waals surface area contributed by atoms with Crippen LogP contribution in [0.3, 0.4) is 0 Å². The average Bonchev–Trinajstić information content (AvgIpc) is 3.36. The number of rotatable bonds is 4. The van der Waals surface area contributed by atoms with Crippen molar-refractivity contribution >= 4 is 51.8 Å². The maximum absolute atomic E-state index is 12.6. The number of anilines is 2. The zero-order valence-corrected chi connectivity index (χ0v) is 15.3. The summed E-state index contributed by atoms with van der Waals surface area (Å²) in [5.74, 6) is -0.213. The quantitative estimate of drug-likeness (QED) is 0.867. The van der Waals surface area contributed by atoms with Gasteiger partial charge in [0.15, 0.2) is 0 Å². The number of benzene rings is 1. The average molecular weight is 390 g/mol. The largest absolute Gasteiger partial charge is 0.382 e. The molecule has 1 unspecified atom stereocenters. The van der Waals surface area contributed by atoms with E-state index in [9.17, 15) is 9.59 Å². The van der Waals surface area contributed by atoms with Crippen molar-refractivity contribution in [1.82, 2.24) is 0 Å². The molecule has 1 saturated heterocycles. The third-order valence-corrected chi connectivity index (χ3v) is 5.63. The van der Waals surface area contributed by atoms with Crippen LogP contribution in [-0.2, 0) is 14.4 Å². The SMILES string of the molecule is O=C(Nc1ccccc1N1CCCC1=O)C1CC(c2ccc(Cl)s2)=NO1. The van der Waals surface area contributed by atoms with E-state index in [1.165, 1.54) is 11.3 Å². The van der Waals surface area contributed by atoms with Crippen molar-refractivity contribution in [3.05, 3.63) is 45.6 Å². The molecule has 3 heterocycles. The Balaban J connectivity index is 1.46. The minimum Gasteiger partial charge on any atom is -0.382 e. The lowest BCUT2D eigenvalue weighted by molar-refractivity contribution is -0.125. The van der Waals surface area contributed by atoms with E-state index in [2.05, 4.69) is 10.5 Å². The van der Waals surface area contributed by atoms with Crippen molar-refractivity contribution in [2.75, 3.05) is 16.8 Å². The van der Waals surface area contributed by atoms with Gasteiger partial charge in [-0.3, -0.25) is 9.59 Å². The van der Waals surface area contributed by atoms with Gasteiger partial charge in [-0.25, -0.2) is 0 Å². The molecule has 6 nitrogen and oxygen atoms in total. The number of nitrogens with zero attached hydrogens (tertiary/aromatic N) is 2. The minimum atomic E-state index is -0.701. The van der Waals surface area contributed by atoms with Gasteiger partial charge in [-0.2, -0.15) is 0 Å². The Morgan fingerprint density at radius 3 is 2.88 bits per heavy atom. The monoisotopic (exact) mass is 389 g/mol. The van der Waals surface area contributed by atoms with E-state index in [-0.39, 0.29) is 11.8 Å². The molecule has 26 heavy (non-hydrogen) atoms. The highest BCUT2D eigenvalue weighted by atomic mass is 35.5. The van der Waals surface area contributed by atoms with Gasteiger partial charge in [0.2, 0.25) is 12.0 Å². The number of halogens is 1. The topological polar surface area (TPSA) is 71.0 Å². The van der Waals surface area contributed by atoms with Crippen LogP contribution in [0.5, 0.6) is 0 Å². The molecule has 4 rings (SSSR count). The summed E-state index contributed by atoms with van der Waals surface area (Å²) < 4.78 is 0.666. The standard InChI is InChI=1S/C18H16ClN3O3S/c19-16-8-7-15(26-16)12-10-14(25-21-12)18(24)20-11-4-1-2-5-13(11)22-9-3-6-17(22)23/h1-2,4-5,7-8,14H,3,6,9-10H2,(H,20,24). The van der Waals surface area contributed by atoms with Crippen molar-refractivity contribution in [3.8, 4) is 0 Å². The van der Waals surface area contributed by atoms with Crippen LogP contribution in [0.1, 0.15) is 24.1 Å². The van der Waals surface area contributed by atoms with Gasteiger partial charge in [-0.15, -0.1) is 11.3 Å². The van der Waals surface area contributed by atoms with E-state index in [1.807, 2.05) is 24.3 Å². The number of nitrogens with one attached hydrogen (secondary N) is 1. The zero-order valence-electron chi connectivity index (χ0n) is 13.8. The van der Waals surface area contributed by atoms with Crippen LogP contribution in [0.2, 0.25) is 4.34 Å². The lowest BCUT2D eigenvalue weighted by Crippen LogP contribution is -2.30. The second-order valence-corrected chi connectivity index (χ2v) is 7.81. The van der Waals surface area contributed by atoms with Crippen molar-refractivity contribution in [2.24, 2.45) is 5.16 Å². The first-order valence-corrected chi connectivity index (χ1v) is 9.50. The van der Waals surface area contributed by atoms with E-state index < -0.39 is 6.10 Å². The molecule has 0 saturated carbocycles. The molecule has 1 aromatic heterocycles. The van der Waals surface area contributed by atoms with Crippen LogP contribution in [0.15, 0.2) is 41.6 Å². The predicted octanol–water partition coefficient (Wildman–Crippen LogP) is 3.66. The summed E-state index contributed by atoms with van der Waals surface area (Å²) in [5.41, 5.74) is 2.03. The molecular weight excluding hydrogens is 374 g/mol. The molecule has 134 valence electrons. The fourth-order valence-electron chi connectivity index (χ4n) is 3.06. The molecule has 2 amide bonds. The first kappa shape index (κ1) is 17.1. The summed E-state index contributed by atoms with van der Waals surface area (Å²) in [6.07, 6.45) is 1.04. The fraction of sp³-hybridized carbons (Fsp3) is 0.278. The number of para-hydroxylation sites is 2. The summed E-state index contributed by atoms with van der Waals surface area (Å²) in [4.78, 5) is 32.6. The van der Waals surface area contributed by atoms with Crippen LogP contribution in [0.25, 0.3) is 0 Å². The first-order valence-electron chi connectivity index (χ1n) is 8.30. The van der Waals surface area contributed by atoms with E-state index in [0.717, 1.165) is 11.3 Å². The van der Waals surface area contributed by atoms with E-state index in [4.69, 9.17) is 16.4 Å². The molecule has 1 aromatic carbocycles. The van der Waals surface area contributed by atoms with Gasteiger partial charge >= 0.3 is 0 Å². The molecule has 1 atom stereocenters. The van der Waals surface area contributed by atoms with Gasteiger partial charge in [-0.05, 0) is 30.7 Å². The van der Waals surface area contributed by atoms with Crippen LogP contribution >= 0.6 is 22.9 Å². The Labute approximate surface area is 159 Å². The number of hydrogen-bond acceptors (Lipinski definition) is 5. The number of carbonyl (C=O) groups excluding carboxylic acids is 2. The Kier molecular flexibility index (Phi) is 4.65. The third-order valence-electron chi connectivity index (χ3n) is 4.35. The third kappa shape index (κ3) is 3.32. The Morgan fingerprint density at radius 2 is 2.15 bits per heavy atom. The van der Waals surface area contributed by atoms with E-state index in [1.54, 1.807) is 17.0 Å². The molecule has 1 fully saturated rings. The van der Waals surface area contributed by atoms with Crippen molar-refractivity contribution in [1.29, 1.82) is 0 Å². The fourth-order valence-corrected chi connectivity index (χ4v) is 4.10. The maximum atomic E-state index is 12.6. The van der Waals surface area contributed by atoms with Gasteiger partial charge < -0.3 is 15.1 Å². The zero-order chi connectivity index (χ0) is 18.1. The smallest absolute Gasteiger partial charge is 0.268 e. The molecule has 8 heteroatoms. The second-order valence-electron chi connectivity index (χ2n) is 6.10. The number of thiophene rings is 1. The highest BCUT2D eigenvalue weighted by molar-refractivity contribution is 7.18. The predicted molar refractivity (Wildman–Crippen MR) is 102 cm³/mol. The molecule has 1 N–H and O–H groups in total. The van der Waals surface area contributed by atoms with Crippen molar-refractivity contribution < 1.29 is 14.4 Å².